The Bertz CT molecular complexity index is 1020. The van der Waals surface area contributed by atoms with E-state index >= 15 is 0 Å². The lowest BCUT2D eigenvalue weighted by Gasteiger charge is -2.09. The number of amides is 1. The monoisotopic (exact) mass is 407 g/mol. The molecule has 3 aromatic rings. The fourth-order valence-electron chi connectivity index (χ4n) is 3.90. The minimum Gasteiger partial charge on any atom is -0.389 e. The third kappa shape index (κ3) is 4.28. The molecule has 4 rings (SSSR count). The average molecular weight is 407 g/mol. The van der Waals surface area contributed by atoms with Gasteiger partial charge in [-0.05, 0) is 61.6 Å². The summed E-state index contributed by atoms with van der Waals surface area (Å²) in [5.74, 6) is 0.230. The van der Waals surface area contributed by atoms with Crippen LogP contribution in [0.15, 0.2) is 48.5 Å². The Hall–Kier alpha value is -2.99. The van der Waals surface area contributed by atoms with Crippen LogP contribution in [0.5, 0.6) is 0 Å². The van der Waals surface area contributed by atoms with Crippen LogP contribution in [-0.2, 0) is 19.5 Å². The summed E-state index contributed by atoms with van der Waals surface area (Å²) < 4.78 is 15.5. The first-order valence-electron chi connectivity index (χ1n) is 10.4. The summed E-state index contributed by atoms with van der Waals surface area (Å²) >= 11 is 0. The van der Waals surface area contributed by atoms with Crippen molar-refractivity contribution in [3.05, 3.63) is 76.9 Å². The van der Waals surface area contributed by atoms with Crippen molar-refractivity contribution in [2.45, 2.75) is 51.8 Å². The molecule has 0 saturated heterocycles. The zero-order valence-corrected chi connectivity index (χ0v) is 17.1. The number of rotatable bonds is 5. The predicted molar refractivity (Wildman–Crippen MR) is 113 cm³/mol. The molecule has 0 radical (unpaired) electrons. The van der Waals surface area contributed by atoms with E-state index in [-0.39, 0.29) is 11.7 Å². The van der Waals surface area contributed by atoms with Crippen LogP contribution in [0.25, 0.3) is 11.4 Å². The van der Waals surface area contributed by atoms with Crippen LogP contribution in [0.3, 0.4) is 0 Å². The number of hydrogen-bond acceptors (Lipinski definition) is 3. The number of carbonyl (C=O) groups excluding carboxylic acids is 1. The molecule has 1 atom stereocenters. The number of nitrogens with zero attached hydrogens (tertiary/aromatic N) is 2. The molecule has 0 saturated carbocycles. The lowest BCUT2D eigenvalue weighted by Crippen LogP contribution is -2.24. The van der Waals surface area contributed by atoms with Crippen molar-refractivity contribution >= 4 is 5.91 Å². The number of hydrogen-bond donors (Lipinski definition) is 2. The van der Waals surface area contributed by atoms with Crippen molar-refractivity contribution in [3.8, 4) is 11.4 Å². The molecule has 1 aromatic heterocycles. The average Bonchev–Trinajstić information content (AvgIpc) is 2.94. The maximum Gasteiger partial charge on any atom is 0.272 e. The normalized spacial score (nSPS) is 14.6. The number of nitrogens with one attached hydrogen (secondary N) is 1. The Morgan fingerprint density at radius 3 is 2.57 bits per heavy atom. The second kappa shape index (κ2) is 8.79. The highest BCUT2D eigenvalue weighted by molar-refractivity contribution is 5.94. The number of aliphatic hydroxyl groups is 1. The molecule has 6 heteroatoms. The van der Waals surface area contributed by atoms with E-state index in [0.29, 0.717) is 12.2 Å². The van der Waals surface area contributed by atoms with Gasteiger partial charge in [-0.25, -0.2) is 9.37 Å². The van der Waals surface area contributed by atoms with E-state index in [2.05, 4.69) is 14.9 Å². The summed E-state index contributed by atoms with van der Waals surface area (Å²) in [6.07, 6.45) is 3.46. The van der Waals surface area contributed by atoms with Crippen molar-refractivity contribution in [1.29, 1.82) is 0 Å². The van der Waals surface area contributed by atoms with Crippen LogP contribution in [0.2, 0.25) is 0 Å². The summed E-state index contributed by atoms with van der Waals surface area (Å²) in [4.78, 5) is 17.7. The van der Waals surface area contributed by atoms with E-state index in [1.165, 1.54) is 12.1 Å². The fourth-order valence-corrected chi connectivity index (χ4v) is 3.90. The number of aliphatic hydroxyl groups excluding tert-OH is 1. The van der Waals surface area contributed by atoms with Gasteiger partial charge >= 0.3 is 0 Å². The topological polar surface area (TPSA) is 67.2 Å². The number of benzene rings is 2. The van der Waals surface area contributed by atoms with Crippen molar-refractivity contribution in [1.82, 2.24) is 14.9 Å². The molecule has 0 aliphatic carbocycles. The second-order valence-electron chi connectivity index (χ2n) is 7.80. The van der Waals surface area contributed by atoms with Crippen LogP contribution in [0, 0.1) is 5.82 Å². The molecule has 1 amide bonds. The van der Waals surface area contributed by atoms with Gasteiger partial charge in [0.05, 0.1) is 11.8 Å². The van der Waals surface area contributed by atoms with Crippen LogP contribution in [0.1, 0.15) is 59.6 Å². The molecule has 30 heavy (non-hydrogen) atoms. The second-order valence-corrected chi connectivity index (χ2v) is 7.80. The number of aromatic nitrogens is 2. The standard InChI is InChI=1S/C24H26FN3O2/c1-16(29)18-8-6-17(7-9-18)15-26-24(30)22-21-5-3-2-4-14-28(21)23(27-22)19-10-12-20(25)13-11-19/h6-13,16,29H,2-5,14-15H2,1H3,(H,26,30). The van der Waals surface area contributed by atoms with Gasteiger partial charge in [-0.3, -0.25) is 4.79 Å². The molecule has 0 spiro atoms. The molecular weight excluding hydrogens is 381 g/mol. The maximum atomic E-state index is 13.4. The van der Waals surface area contributed by atoms with Crippen LogP contribution >= 0.6 is 0 Å². The van der Waals surface area contributed by atoms with Crippen molar-refractivity contribution < 1.29 is 14.3 Å². The fraction of sp³-hybridized carbons (Fsp3) is 0.333. The van der Waals surface area contributed by atoms with E-state index in [9.17, 15) is 14.3 Å². The largest absolute Gasteiger partial charge is 0.389 e. The van der Waals surface area contributed by atoms with Gasteiger partial charge in [-0.2, -0.15) is 0 Å². The van der Waals surface area contributed by atoms with Gasteiger partial charge in [0.25, 0.3) is 5.91 Å². The van der Waals surface area contributed by atoms with Crippen molar-refractivity contribution in [2.24, 2.45) is 0 Å². The van der Waals surface area contributed by atoms with Gasteiger partial charge < -0.3 is 15.0 Å². The highest BCUT2D eigenvalue weighted by atomic mass is 19.1. The molecule has 2 heterocycles. The summed E-state index contributed by atoms with van der Waals surface area (Å²) in [5.41, 5.74) is 4.02. The van der Waals surface area contributed by atoms with Gasteiger partial charge in [0.2, 0.25) is 0 Å². The predicted octanol–water partition coefficient (Wildman–Crippen LogP) is 4.40. The number of halogens is 1. The molecule has 5 nitrogen and oxygen atoms in total. The third-order valence-electron chi connectivity index (χ3n) is 5.60. The van der Waals surface area contributed by atoms with Gasteiger partial charge in [0, 0.05) is 18.7 Å². The Morgan fingerprint density at radius 1 is 1.13 bits per heavy atom. The summed E-state index contributed by atoms with van der Waals surface area (Å²) in [5, 5.41) is 12.6. The van der Waals surface area contributed by atoms with E-state index in [1.54, 1.807) is 19.1 Å². The van der Waals surface area contributed by atoms with E-state index in [0.717, 1.165) is 60.4 Å². The Morgan fingerprint density at radius 2 is 1.87 bits per heavy atom. The van der Waals surface area contributed by atoms with E-state index in [4.69, 9.17) is 0 Å². The molecule has 0 fully saturated rings. The number of fused-ring (bicyclic) bond motifs is 1. The van der Waals surface area contributed by atoms with Gasteiger partial charge in [-0.1, -0.05) is 30.7 Å². The minimum atomic E-state index is -0.514. The van der Waals surface area contributed by atoms with Crippen molar-refractivity contribution in [3.63, 3.8) is 0 Å². The maximum absolute atomic E-state index is 13.4. The first-order valence-corrected chi connectivity index (χ1v) is 10.4. The number of carbonyl (C=O) groups is 1. The molecule has 1 unspecified atom stereocenters. The van der Waals surface area contributed by atoms with Crippen LogP contribution in [-0.4, -0.2) is 20.6 Å². The Labute approximate surface area is 175 Å². The molecule has 2 aromatic carbocycles. The highest BCUT2D eigenvalue weighted by Crippen LogP contribution is 2.27. The molecule has 1 aliphatic heterocycles. The zero-order chi connectivity index (χ0) is 21.1. The SMILES string of the molecule is CC(O)c1ccc(CNC(=O)c2nc(-c3ccc(F)cc3)n3c2CCCCC3)cc1. The first kappa shape index (κ1) is 20.3. The minimum absolute atomic E-state index is 0.200. The Balaban J connectivity index is 1.58. The molecular formula is C24H26FN3O2. The lowest BCUT2D eigenvalue weighted by atomic mass is 10.1. The van der Waals surface area contributed by atoms with Gasteiger partial charge in [-0.15, -0.1) is 0 Å². The molecule has 2 N–H and O–H groups in total. The zero-order valence-electron chi connectivity index (χ0n) is 17.1. The summed E-state index contributed by atoms with van der Waals surface area (Å²) in [7, 11) is 0. The quantitative estimate of drug-likeness (QED) is 0.659. The third-order valence-corrected chi connectivity index (χ3v) is 5.60. The highest BCUT2D eigenvalue weighted by Gasteiger charge is 2.24. The summed E-state index contributed by atoms with van der Waals surface area (Å²) in [6.45, 7) is 2.92. The lowest BCUT2D eigenvalue weighted by molar-refractivity contribution is 0.0945. The Kier molecular flexibility index (Phi) is 5.95. The molecule has 1 aliphatic rings. The van der Waals surface area contributed by atoms with Gasteiger partial charge in [0.1, 0.15) is 17.3 Å². The summed E-state index contributed by atoms with van der Waals surface area (Å²) in [6, 6.07) is 13.8. The van der Waals surface area contributed by atoms with Crippen LogP contribution in [0.4, 0.5) is 4.39 Å². The smallest absolute Gasteiger partial charge is 0.272 e. The van der Waals surface area contributed by atoms with E-state index < -0.39 is 6.10 Å². The van der Waals surface area contributed by atoms with Crippen molar-refractivity contribution in [2.75, 3.05) is 0 Å². The van der Waals surface area contributed by atoms with E-state index in [1.807, 2.05) is 24.3 Å². The number of imidazole rings is 1. The first-order chi connectivity index (χ1) is 14.5. The van der Waals surface area contributed by atoms with Crippen LogP contribution < -0.4 is 5.32 Å². The van der Waals surface area contributed by atoms with Gasteiger partial charge in [0.15, 0.2) is 0 Å². The molecule has 0 bridgehead atoms. The molecule has 156 valence electrons.